The minimum Gasteiger partial charge on any atom is -0.390 e. The number of nitrogens with zero attached hydrogens (tertiary/aromatic N) is 2. The summed E-state index contributed by atoms with van der Waals surface area (Å²) in [5, 5.41) is 9.37. The first kappa shape index (κ1) is 9.36. The van der Waals surface area contributed by atoms with E-state index in [9.17, 15) is 5.11 Å². The number of aromatic nitrogens is 2. The fourth-order valence-electron chi connectivity index (χ4n) is 2.39. The van der Waals surface area contributed by atoms with Gasteiger partial charge in [0.25, 0.3) is 0 Å². The zero-order chi connectivity index (χ0) is 10.4. The molecule has 3 rings (SSSR count). The van der Waals surface area contributed by atoms with Crippen LogP contribution in [0.1, 0.15) is 34.8 Å². The van der Waals surface area contributed by atoms with Gasteiger partial charge in [-0.2, -0.15) is 0 Å². The summed E-state index contributed by atoms with van der Waals surface area (Å²) in [4.78, 5) is 7.04. The zero-order valence-corrected chi connectivity index (χ0v) is 9.60. The number of aliphatic hydroxyl groups excluding tert-OH is 1. The van der Waals surface area contributed by atoms with Crippen molar-refractivity contribution in [3.8, 4) is 0 Å². The highest BCUT2D eigenvalue weighted by Crippen LogP contribution is 2.31. The van der Waals surface area contributed by atoms with E-state index >= 15 is 0 Å². The topological polar surface area (TPSA) is 37.5 Å². The molecule has 0 aromatic carbocycles. The van der Waals surface area contributed by atoms with Gasteiger partial charge in [-0.3, -0.25) is 4.40 Å². The number of fused-ring (bicyclic) bond motifs is 3. The number of imidazole rings is 1. The molecule has 0 spiro atoms. The van der Waals surface area contributed by atoms with Crippen LogP contribution in [0.4, 0.5) is 0 Å². The molecule has 1 aliphatic rings. The summed E-state index contributed by atoms with van der Waals surface area (Å²) >= 11 is 1.79. The lowest BCUT2D eigenvalue weighted by molar-refractivity contribution is 0.274. The van der Waals surface area contributed by atoms with Crippen LogP contribution in [0.15, 0.2) is 0 Å². The SMILES string of the molecule is Cc1nc2sc3c(n2c1CO)CCCC3. The monoisotopic (exact) mass is 222 g/mol. The molecule has 3 nitrogen and oxygen atoms in total. The van der Waals surface area contributed by atoms with Gasteiger partial charge in [0.2, 0.25) is 0 Å². The Morgan fingerprint density at radius 2 is 2.20 bits per heavy atom. The highest BCUT2D eigenvalue weighted by atomic mass is 32.1. The van der Waals surface area contributed by atoms with E-state index in [1.54, 1.807) is 11.3 Å². The summed E-state index contributed by atoms with van der Waals surface area (Å²) in [7, 11) is 0. The molecular formula is C11H14N2OS. The minimum absolute atomic E-state index is 0.0934. The molecule has 1 aliphatic carbocycles. The van der Waals surface area contributed by atoms with E-state index in [0.717, 1.165) is 22.8 Å². The Kier molecular flexibility index (Phi) is 2.07. The van der Waals surface area contributed by atoms with Gasteiger partial charge in [0, 0.05) is 10.6 Å². The maximum atomic E-state index is 9.37. The van der Waals surface area contributed by atoms with Crippen LogP contribution < -0.4 is 0 Å². The Balaban J connectivity index is 2.32. The molecule has 0 unspecified atom stereocenters. The smallest absolute Gasteiger partial charge is 0.194 e. The number of hydrogen-bond acceptors (Lipinski definition) is 3. The number of hydrogen-bond donors (Lipinski definition) is 1. The number of aliphatic hydroxyl groups is 1. The van der Waals surface area contributed by atoms with Gasteiger partial charge in [0.05, 0.1) is 18.0 Å². The van der Waals surface area contributed by atoms with Gasteiger partial charge in [0.1, 0.15) is 0 Å². The normalized spacial score (nSPS) is 15.9. The zero-order valence-electron chi connectivity index (χ0n) is 8.79. The standard InChI is InChI=1S/C11H14N2OS/c1-7-9(6-14)13-8-4-2-3-5-10(8)15-11(13)12-7/h14H,2-6H2,1H3. The van der Waals surface area contributed by atoms with Gasteiger partial charge in [-0.15, -0.1) is 11.3 Å². The first-order valence-corrected chi connectivity index (χ1v) is 6.22. The molecule has 15 heavy (non-hydrogen) atoms. The van der Waals surface area contributed by atoms with Crippen molar-refractivity contribution < 1.29 is 5.11 Å². The summed E-state index contributed by atoms with van der Waals surface area (Å²) in [6.45, 7) is 2.07. The second-order valence-electron chi connectivity index (χ2n) is 4.10. The average molecular weight is 222 g/mol. The van der Waals surface area contributed by atoms with Gasteiger partial charge in [0.15, 0.2) is 4.96 Å². The van der Waals surface area contributed by atoms with Crippen molar-refractivity contribution >= 4 is 16.3 Å². The average Bonchev–Trinajstić information content (AvgIpc) is 2.72. The van der Waals surface area contributed by atoms with Crippen LogP contribution in [0, 0.1) is 6.92 Å². The molecule has 0 amide bonds. The predicted molar refractivity (Wildman–Crippen MR) is 60.4 cm³/mol. The third-order valence-electron chi connectivity index (χ3n) is 3.17. The lowest BCUT2D eigenvalue weighted by atomic mass is 10.0. The Labute approximate surface area is 92.4 Å². The van der Waals surface area contributed by atoms with Crippen LogP contribution in [0.5, 0.6) is 0 Å². The van der Waals surface area contributed by atoms with Crippen molar-refractivity contribution in [2.45, 2.75) is 39.2 Å². The van der Waals surface area contributed by atoms with E-state index in [-0.39, 0.29) is 6.61 Å². The van der Waals surface area contributed by atoms with E-state index < -0.39 is 0 Å². The molecule has 0 radical (unpaired) electrons. The van der Waals surface area contributed by atoms with E-state index in [1.165, 1.54) is 29.8 Å². The summed E-state index contributed by atoms with van der Waals surface area (Å²) in [5.74, 6) is 0. The predicted octanol–water partition coefficient (Wildman–Crippen LogP) is 2.08. The second-order valence-corrected chi connectivity index (χ2v) is 5.16. The molecule has 2 aromatic rings. The van der Waals surface area contributed by atoms with E-state index in [4.69, 9.17) is 0 Å². The van der Waals surface area contributed by atoms with E-state index in [2.05, 4.69) is 9.38 Å². The van der Waals surface area contributed by atoms with Gasteiger partial charge in [-0.25, -0.2) is 4.98 Å². The van der Waals surface area contributed by atoms with Crippen LogP contribution in [0.2, 0.25) is 0 Å². The van der Waals surface area contributed by atoms with Crippen molar-refractivity contribution in [2.75, 3.05) is 0 Å². The number of thiazole rings is 1. The molecule has 0 bridgehead atoms. The Hall–Kier alpha value is -0.870. The largest absolute Gasteiger partial charge is 0.390 e. The lowest BCUT2D eigenvalue weighted by Gasteiger charge is -2.11. The fourth-order valence-corrected chi connectivity index (χ4v) is 3.66. The molecule has 0 fully saturated rings. The molecule has 4 heteroatoms. The van der Waals surface area contributed by atoms with Crippen LogP contribution in [-0.2, 0) is 19.4 Å². The van der Waals surface area contributed by atoms with Crippen molar-refractivity contribution in [1.82, 2.24) is 9.38 Å². The number of aryl methyl sites for hydroxylation is 3. The third kappa shape index (κ3) is 1.25. The summed E-state index contributed by atoms with van der Waals surface area (Å²) < 4.78 is 2.18. The van der Waals surface area contributed by atoms with Crippen LogP contribution in [0.3, 0.4) is 0 Å². The third-order valence-corrected chi connectivity index (χ3v) is 4.31. The van der Waals surface area contributed by atoms with Gasteiger partial charge < -0.3 is 5.11 Å². The molecule has 80 valence electrons. The Morgan fingerprint density at radius 3 is 3.00 bits per heavy atom. The molecule has 1 N–H and O–H groups in total. The molecule has 0 saturated carbocycles. The quantitative estimate of drug-likeness (QED) is 0.802. The van der Waals surface area contributed by atoms with E-state index in [1.807, 2.05) is 6.92 Å². The van der Waals surface area contributed by atoms with Crippen molar-refractivity contribution in [2.24, 2.45) is 0 Å². The second kappa shape index (κ2) is 3.32. The molecule has 2 heterocycles. The van der Waals surface area contributed by atoms with Crippen molar-refractivity contribution in [3.63, 3.8) is 0 Å². The summed E-state index contributed by atoms with van der Waals surface area (Å²) in [6.07, 6.45) is 4.89. The lowest BCUT2D eigenvalue weighted by Crippen LogP contribution is -2.05. The molecule has 0 aliphatic heterocycles. The number of rotatable bonds is 1. The maximum absolute atomic E-state index is 9.37. The van der Waals surface area contributed by atoms with Gasteiger partial charge >= 0.3 is 0 Å². The van der Waals surface area contributed by atoms with Gasteiger partial charge in [-0.1, -0.05) is 0 Å². The first-order chi connectivity index (χ1) is 7.31. The Morgan fingerprint density at radius 1 is 1.40 bits per heavy atom. The van der Waals surface area contributed by atoms with Gasteiger partial charge in [-0.05, 0) is 32.6 Å². The summed E-state index contributed by atoms with van der Waals surface area (Å²) in [6, 6.07) is 0. The van der Waals surface area contributed by atoms with Crippen LogP contribution in [0.25, 0.3) is 4.96 Å². The van der Waals surface area contributed by atoms with Crippen LogP contribution in [-0.4, -0.2) is 14.5 Å². The highest BCUT2D eigenvalue weighted by Gasteiger charge is 2.20. The maximum Gasteiger partial charge on any atom is 0.194 e. The highest BCUT2D eigenvalue weighted by molar-refractivity contribution is 7.17. The summed E-state index contributed by atoms with van der Waals surface area (Å²) in [5.41, 5.74) is 3.34. The molecule has 2 aromatic heterocycles. The first-order valence-electron chi connectivity index (χ1n) is 5.40. The molecule has 0 saturated heterocycles. The molecular weight excluding hydrogens is 208 g/mol. The fraction of sp³-hybridized carbons (Fsp3) is 0.545. The molecule has 0 atom stereocenters. The van der Waals surface area contributed by atoms with Crippen molar-refractivity contribution in [3.05, 3.63) is 22.0 Å². The van der Waals surface area contributed by atoms with Crippen molar-refractivity contribution in [1.29, 1.82) is 0 Å². The minimum atomic E-state index is 0.0934. The van der Waals surface area contributed by atoms with Crippen LogP contribution >= 0.6 is 11.3 Å². The van der Waals surface area contributed by atoms with E-state index in [0.29, 0.717) is 0 Å². The Bertz CT molecular complexity index is 512.